The lowest BCUT2D eigenvalue weighted by Crippen LogP contribution is -2.58. The van der Waals surface area contributed by atoms with Gasteiger partial charge in [-0.15, -0.1) is 18.3 Å². The first-order chi connectivity index (χ1) is 14.2. The molecular formula is C22H34N2O5S. The van der Waals surface area contributed by atoms with E-state index >= 15 is 0 Å². The van der Waals surface area contributed by atoms with Gasteiger partial charge in [0.05, 0.1) is 16.6 Å². The van der Waals surface area contributed by atoms with Crippen molar-refractivity contribution in [3.8, 4) is 0 Å². The average molecular weight is 439 g/mol. The van der Waals surface area contributed by atoms with Crippen LogP contribution >= 0.6 is 11.8 Å². The van der Waals surface area contributed by atoms with Crippen LogP contribution in [0.3, 0.4) is 0 Å². The number of fused-ring (bicyclic) bond motifs is 1. The number of thioether (sulfide) groups is 1. The molecule has 1 spiro atoms. The molecule has 3 heterocycles. The molecule has 168 valence electrons. The van der Waals surface area contributed by atoms with E-state index in [1.165, 1.54) is 0 Å². The molecule has 0 radical (unpaired) electrons. The molecular weight excluding hydrogens is 404 g/mol. The highest BCUT2D eigenvalue weighted by Gasteiger charge is 2.76. The van der Waals surface area contributed by atoms with E-state index in [1.807, 2.05) is 13.8 Å². The Morgan fingerprint density at radius 3 is 2.63 bits per heavy atom. The van der Waals surface area contributed by atoms with Crippen molar-refractivity contribution >= 4 is 29.5 Å². The van der Waals surface area contributed by atoms with Gasteiger partial charge in [-0.3, -0.25) is 14.4 Å². The topological polar surface area (TPSA) is 98.2 Å². The fourth-order valence-electron chi connectivity index (χ4n) is 5.74. The van der Waals surface area contributed by atoms with E-state index < -0.39 is 28.6 Å². The summed E-state index contributed by atoms with van der Waals surface area (Å²) in [7, 11) is 0. The molecule has 6 atom stereocenters. The van der Waals surface area contributed by atoms with Gasteiger partial charge in [0.15, 0.2) is 0 Å². The molecule has 2 bridgehead atoms. The van der Waals surface area contributed by atoms with Crippen LogP contribution in [0.25, 0.3) is 0 Å². The number of aliphatic hydroxyl groups excluding tert-OH is 1. The minimum absolute atomic E-state index is 0.0496. The molecule has 3 saturated heterocycles. The predicted molar refractivity (Wildman–Crippen MR) is 116 cm³/mol. The van der Waals surface area contributed by atoms with Crippen molar-refractivity contribution in [1.29, 1.82) is 0 Å². The monoisotopic (exact) mass is 438 g/mol. The highest BCUT2D eigenvalue weighted by molar-refractivity contribution is 8.02. The second-order valence-corrected chi connectivity index (χ2v) is 10.6. The zero-order valence-corrected chi connectivity index (χ0v) is 18.9. The van der Waals surface area contributed by atoms with Gasteiger partial charge in [-0.1, -0.05) is 13.0 Å². The van der Waals surface area contributed by atoms with Gasteiger partial charge in [-0.2, -0.15) is 0 Å². The Hall–Kier alpha value is -1.54. The molecule has 0 aromatic rings. The van der Waals surface area contributed by atoms with Gasteiger partial charge in [0, 0.05) is 31.0 Å². The minimum atomic E-state index is -0.931. The van der Waals surface area contributed by atoms with Crippen molar-refractivity contribution in [1.82, 2.24) is 9.80 Å². The molecule has 3 unspecified atom stereocenters. The molecule has 3 rings (SSSR count). The van der Waals surface area contributed by atoms with Crippen molar-refractivity contribution < 1.29 is 24.6 Å². The molecule has 8 heteroatoms. The second kappa shape index (κ2) is 8.91. The smallest absolute Gasteiger partial charge is 0.308 e. The van der Waals surface area contributed by atoms with Gasteiger partial charge >= 0.3 is 5.97 Å². The number of hydrogen-bond acceptors (Lipinski definition) is 5. The number of unbranched alkanes of at least 4 members (excludes halogenated alkanes) is 2. The predicted octanol–water partition coefficient (Wildman–Crippen LogP) is 1.99. The van der Waals surface area contributed by atoms with Gasteiger partial charge in [-0.05, 0) is 45.4 Å². The normalized spacial score (nSPS) is 34.5. The zero-order chi connectivity index (χ0) is 22.2. The van der Waals surface area contributed by atoms with E-state index in [1.54, 1.807) is 27.6 Å². The van der Waals surface area contributed by atoms with Crippen LogP contribution < -0.4 is 0 Å². The minimum Gasteiger partial charge on any atom is -0.481 e. The molecule has 0 aromatic heterocycles. The van der Waals surface area contributed by atoms with Crippen molar-refractivity contribution in [3.63, 3.8) is 0 Å². The van der Waals surface area contributed by atoms with E-state index in [4.69, 9.17) is 5.11 Å². The average Bonchev–Trinajstić information content (AvgIpc) is 3.26. The van der Waals surface area contributed by atoms with E-state index in [0.717, 1.165) is 12.8 Å². The Balaban J connectivity index is 2.02. The molecule has 3 aliphatic rings. The fraction of sp³-hybridized carbons (Fsp3) is 0.773. The summed E-state index contributed by atoms with van der Waals surface area (Å²) in [6.45, 7) is 10.6. The molecule has 30 heavy (non-hydrogen) atoms. The van der Waals surface area contributed by atoms with Crippen molar-refractivity contribution in [2.45, 2.75) is 68.5 Å². The maximum absolute atomic E-state index is 13.9. The third-order valence-electron chi connectivity index (χ3n) is 7.05. The summed E-state index contributed by atoms with van der Waals surface area (Å²) in [6.07, 6.45) is 4.50. The van der Waals surface area contributed by atoms with Crippen LogP contribution in [0, 0.1) is 17.8 Å². The number of carboxylic acids is 1. The summed E-state index contributed by atoms with van der Waals surface area (Å²) >= 11 is 1.57. The Labute approximate surface area is 182 Å². The van der Waals surface area contributed by atoms with Crippen molar-refractivity contribution in [3.05, 3.63) is 12.7 Å². The lowest BCUT2D eigenvalue weighted by Gasteiger charge is -2.41. The highest BCUT2D eigenvalue weighted by Crippen LogP contribution is 2.68. The number of nitrogens with zero attached hydrogens (tertiary/aromatic N) is 2. The maximum Gasteiger partial charge on any atom is 0.308 e. The number of likely N-dealkylation sites (tertiary alicyclic amines) is 1. The highest BCUT2D eigenvalue weighted by atomic mass is 32.2. The first-order valence-corrected chi connectivity index (χ1v) is 11.8. The van der Waals surface area contributed by atoms with E-state index in [0.29, 0.717) is 25.9 Å². The third kappa shape index (κ3) is 3.45. The first-order valence-electron chi connectivity index (χ1n) is 11.0. The number of carboxylic acid groups (broad SMARTS) is 1. The van der Waals surface area contributed by atoms with Gasteiger partial charge in [0.1, 0.15) is 6.04 Å². The van der Waals surface area contributed by atoms with Gasteiger partial charge in [0.2, 0.25) is 11.8 Å². The largest absolute Gasteiger partial charge is 0.481 e. The van der Waals surface area contributed by atoms with Crippen LogP contribution in [0.4, 0.5) is 0 Å². The lowest BCUT2D eigenvalue weighted by molar-refractivity contribution is -0.149. The summed E-state index contributed by atoms with van der Waals surface area (Å²) in [5.74, 6) is -2.52. The SMILES string of the molecule is C=CCN(C(=O)C1N(CCCCCO)C(=O)[C@@H]2[C@H](C(=O)O)[C@@H]3CC(C)C12S3)C(C)C. The molecule has 7 nitrogen and oxygen atoms in total. The molecule has 2 N–H and O–H groups in total. The van der Waals surface area contributed by atoms with Crippen LogP contribution in [0.15, 0.2) is 12.7 Å². The Kier molecular flexibility index (Phi) is 6.87. The quantitative estimate of drug-likeness (QED) is 0.400. The van der Waals surface area contributed by atoms with E-state index in [-0.39, 0.29) is 35.6 Å². The van der Waals surface area contributed by atoms with Crippen molar-refractivity contribution in [2.75, 3.05) is 19.7 Å². The van der Waals surface area contributed by atoms with Crippen LogP contribution in [-0.2, 0) is 14.4 Å². The van der Waals surface area contributed by atoms with E-state index in [2.05, 4.69) is 13.5 Å². The molecule has 0 aromatic carbocycles. The Morgan fingerprint density at radius 1 is 1.37 bits per heavy atom. The molecule has 0 saturated carbocycles. The summed E-state index contributed by atoms with van der Waals surface area (Å²) in [5.41, 5.74) is 0. The number of carbonyl (C=O) groups excluding carboxylic acids is 2. The van der Waals surface area contributed by atoms with Crippen molar-refractivity contribution in [2.24, 2.45) is 17.8 Å². The molecule has 0 aliphatic carbocycles. The number of carbonyl (C=O) groups is 3. The third-order valence-corrected chi connectivity index (χ3v) is 9.13. The maximum atomic E-state index is 13.9. The number of aliphatic carboxylic acids is 1. The van der Waals surface area contributed by atoms with Crippen LogP contribution in [0.5, 0.6) is 0 Å². The number of aliphatic hydroxyl groups is 1. The summed E-state index contributed by atoms with van der Waals surface area (Å²) in [5, 5.41) is 18.9. The second-order valence-electron chi connectivity index (χ2n) is 9.08. The lowest BCUT2D eigenvalue weighted by atomic mass is 9.66. The zero-order valence-electron chi connectivity index (χ0n) is 18.1. The Bertz CT molecular complexity index is 714. The molecule has 3 aliphatic heterocycles. The number of hydrogen-bond donors (Lipinski definition) is 2. The van der Waals surface area contributed by atoms with Crippen LogP contribution in [0.2, 0.25) is 0 Å². The number of rotatable bonds is 10. The standard InChI is InChI=1S/C22H34N2O5S/c1-5-9-23(13(2)3)20(27)18-22-14(4)12-15(30-22)16(21(28)29)17(22)19(26)24(18)10-7-6-8-11-25/h5,13-18,25H,1,6-12H2,2-4H3,(H,28,29)/t14?,15-,16+,17-,18?,22?/m0/s1. The summed E-state index contributed by atoms with van der Waals surface area (Å²) in [6, 6.07) is -0.702. The first kappa shape index (κ1) is 23.1. The van der Waals surface area contributed by atoms with Crippen LogP contribution in [0.1, 0.15) is 46.5 Å². The fourth-order valence-corrected chi connectivity index (χ4v) is 8.15. The molecule has 2 amide bonds. The van der Waals surface area contributed by atoms with Gasteiger partial charge in [0.25, 0.3) is 0 Å². The summed E-state index contributed by atoms with van der Waals surface area (Å²) in [4.78, 5) is 42.9. The number of amides is 2. The van der Waals surface area contributed by atoms with Gasteiger partial charge in [-0.25, -0.2) is 0 Å². The summed E-state index contributed by atoms with van der Waals surface area (Å²) < 4.78 is -0.687. The van der Waals surface area contributed by atoms with Gasteiger partial charge < -0.3 is 20.0 Å². The molecule has 3 fully saturated rings. The van der Waals surface area contributed by atoms with E-state index in [9.17, 15) is 19.5 Å². The van der Waals surface area contributed by atoms with Crippen LogP contribution in [-0.4, -0.2) is 79.6 Å². The Morgan fingerprint density at radius 2 is 2.07 bits per heavy atom.